The number of aromatic nitrogens is 2. The number of aliphatic carboxylic acids is 1. The maximum atomic E-state index is 11.1. The molecule has 0 aliphatic rings. The highest BCUT2D eigenvalue weighted by Gasteiger charge is 2.20. The molecular formula is C14H22N2O2S. The van der Waals surface area contributed by atoms with Crippen molar-refractivity contribution < 1.29 is 9.90 Å². The zero-order valence-electron chi connectivity index (χ0n) is 12.2. The molecule has 5 heteroatoms. The standard InChI is InChI=1S/C14H22N2O2S/c1-6-8(2)19-7-12-15-10(4)13(11(5)16-12)9(3)14(17)18/h8-9H,6-7H2,1-5H3,(H,17,18). The smallest absolute Gasteiger partial charge is 0.310 e. The van der Waals surface area contributed by atoms with Crippen LogP contribution in [0.15, 0.2) is 0 Å². The van der Waals surface area contributed by atoms with Crippen LogP contribution in [0.4, 0.5) is 0 Å². The Morgan fingerprint density at radius 1 is 1.26 bits per heavy atom. The molecule has 0 saturated carbocycles. The molecule has 4 nitrogen and oxygen atoms in total. The van der Waals surface area contributed by atoms with Crippen molar-refractivity contribution in [1.29, 1.82) is 0 Å². The lowest BCUT2D eigenvalue weighted by atomic mass is 9.98. The van der Waals surface area contributed by atoms with Crippen LogP contribution < -0.4 is 0 Å². The molecule has 1 heterocycles. The molecule has 2 unspecified atom stereocenters. The molecule has 0 bridgehead atoms. The number of carboxylic acids is 1. The molecule has 1 rings (SSSR count). The van der Waals surface area contributed by atoms with Crippen LogP contribution in [-0.2, 0) is 10.5 Å². The van der Waals surface area contributed by atoms with Crippen LogP contribution in [0, 0.1) is 13.8 Å². The molecule has 19 heavy (non-hydrogen) atoms. The lowest BCUT2D eigenvalue weighted by Crippen LogP contribution is -2.14. The molecular weight excluding hydrogens is 260 g/mol. The fourth-order valence-electron chi connectivity index (χ4n) is 1.94. The normalized spacial score (nSPS) is 14.2. The van der Waals surface area contributed by atoms with Gasteiger partial charge in [0.1, 0.15) is 5.82 Å². The summed E-state index contributed by atoms with van der Waals surface area (Å²) in [5.41, 5.74) is 2.30. The fraction of sp³-hybridized carbons (Fsp3) is 0.643. The SMILES string of the molecule is CCC(C)SCc1nc(C)c(C(C)C(=O)O)c(C)n1. The first-order chi connectivity index (χ1) is 8.86. The molecule has 0 amide bonds. The lowest BCUT2D eigenvalue weighted by molar-refractivity contribution is -0.138. The average molecular weight is 282 g/mol. The van der Waals surface area contributed by atoms with Gasteiger partial charge in [-0.25, -0.2) is 9.97 Å². The maximum absolute atomic E-state index is 11.1. The average Bonchev–Trinajstić information content (AvgIpc) is 2.34. The Bertz CT molecular complexity index is 440. The second-order valence-corrected chi connectivity index (χ2v) is 6.24. The van der Waals surface area contributed by atoms with E-state index in [2.05, 4.69) is 23.8 Å². The summed E-state index contributed by atoms with van der Waals surface area (Å²) < 4.78 is 0. The van der Waals surface area contributed by atoms with E-state index in [1.807, 2.05) is 25.6 Å². The highest BCUT2D eigenvalue weighted by molar-refractivity contribution is 7.99. The number of aryl methyl sites for hydroxylation is 2. The number of hydrogen-bond acceptors (Lipinski definition) is 4. The first kappa shape index (κ1) is 16.0. The van der Waals surface area contributed by atoms with Gasteiger partial charge in [0.25, 0.3) is 0 Å². The minimum Gasteiger partial charge on any atom is -0.481 e. The van der Waals surface area contributed by atoms with Crippen molar-refractivity contribution in [2.45, 2.75) is 58.0 Å². The molecule has 1 aromatic rings. The van der Waals surface area contributed by atoms with Gasteiger partial charge in [0, 0.05) is 22.2 Å². The topological polar surface area (TPSA) is 63.1 Å². The summed E-state index contributed by atoms with van der Waals surface area (Å²) in [4.78, 5) is 20.0. The molecule has 0 aliphatic heterocycles. The molecule has 0 radical (unpaired) electrons. The molecule has 1 N–H and O–H groups in total. The molecule has 0 spiro atoms. The summed E-state index contributed by atoms with van der Waals surface area (Å²) in [6, 6.07) is 0. The van der Waals surface area contributed by atoms with E-state index >= 15 is 0 Å². The number of carbonyl (C=O) groups is 1. The van der Waals surface area contributed by atoms with Gasteiger partial charge in [-0.1, -0.05) is 13.8 Å². The molecule has 2 atom stereocenters. The first-order valence-corrected chi connectivity index (χ1v) is 7.60. The van der Waals surface area contributed by atoms with Gasteiger partial charge in [0.2, 0.25) is 0 Å². The van der Waals surface area contributed by atoms with Crippen LogP contribution in [0.5, 0.6) is 0 Å². The largest absolute Gasteiger partial charge is 0.481 e. The van der Waals surface area contributed by atoms with Gasteiger partial charge < -0.3 is 5.11 Å². The summed E-state index contributed by atoms with van der Waals surface area (Å²) in [7, 11) is 0. The van der Waals surface area contributed by atoms with Gasteiger partial charge in [-0.05, 0) is 27.2 Å². The van der Waals surface area contributed by atoms with Crippen molar-refractivity contribution in [3.05, 3.63) is 22.8 Å². The highest BCUT2D eigenvalue weighted by atomic mass is 32.2. The number of rotatable bonds is 6. The lowest BCUT2D eigenvalue weighted by Gasteiger charge is -2.14. The number of nitrogens with zero attached hydrogens (tertiary/aromatic N) is 2. The number of carboxylic acid groups (broad SMARTS) is 1. The second-order valence-electron chi connectivity index (χ2n) is 4.81. The van der Waals surface area contributed by atoms with Crippen LogP contribution >= 0.6 is 11.8 Å². The number of thioether (sulfide) groups is 1. The van der Waals surface area contributed by atoms with E-state index < -0.39 is 11.9 Å². The van der Waals surface area contributed by atoms with Gasteiger partial charge in [0.05, 0.1) is 11.7 Å². The molecule has 0 aliphatic carbocycles. The molecule has 1 aromatic heterocycles. The highest BCUT2D eigenvalue weighted by Crippen LogP contribution is 2.24. The van der Waals surface area contributed by atoms with Crippen molar-refractivity contribution >= 4 is 17.7 Å². The zero-order valence-corrected chi connectivity index (χ0v) is 13.0. The van der Waals surface area contributed by atoms with E-state index in [1.54, 1.807) is 6.92 Å². The molecule has 0 fully saturated rings. The fourth-order valence-corrected chi connectivity index (χ4v) is 2.74. The third kappa shape index (κ3) is 4.20. The summed E-state index contributed by atoms with van der Waals surface area (Å²) in [5, 5.41) is 9.69. The van der Waals surface area contributed by atoms with E-state index in [9.17, 15) is 4.79 Å². The van der Waals surface area contributed by atoms with Crippen molar-refractivity contribution in [2.75, 3.05) is 0 Å². The Morgan fingerprint density at radius 3 is 2.21 bits per heavy atom. The van der Waals surface area contributed by atoms with Crippen molar-refractivity contribution in [2.24, 2.45) is 0 Å². The van der Waals surface area contributed by atoms with E-state index in [0.717, 1.165) is 34.9 Å². The zero-order chi connectivity index (χ0) is 14.6. The van der Waals surface area contributed by atoms with Crippen molar-refractivity contribution in [3.63, 3.8) is 0 Å². The maximum Gasteiger partial charge on any atom is 0.310 e. The predicted octanol–water partition coefficient (Wildman–Crippen LogP) is 3.31. The molecule has 0 saturated heterocycles. The summed E-state index contributed by atoms with van der Waals surface area (Å²) in [6.07, 6.45) is 1.12. The van der Waals surface area contributed by atoms with E-state index in [0.29, 0.717) is 5.25 Å². The predicted molar refractivity (Wildman–Crippen MR) is 78.6 cm³/mol. The summed E-state index contributed by atoms with van der Waals surface area (Å²) >= 11 is 1.83. The Balaban J connectivity index is 2.94. The van der Waals surface area contributed by atoms with E-state index in [4.69, 9.17) is 5.11 Å². The monoisotopic (exact) mass is 282 g/mol. The minimum atomic E-state index is -0.837. The van der Waals surface area contributed by atoms with E-state index in [-0.39, 0.29) is 0 Å². The third-order valence-corrected chi connectivity index (χ3v) is 4.58. The van der Waals surface area contributed by atoms with Crippen LogP contribution in [0.1, 0.15) is 55.9 Å². The van der Waals surface area contributed by atoms with Gasteiger partial charge in [-0.3, -0.25) is 4.79 Å². The van der Waals surface area contributed by atoms with Crippen molar-refractivity contribution in [1.82, 2.24) is 9.97 Å². The van der Waals surface area contributed by atoms with Gasteiger partial charge in [-0.15, -0.1) is 0 Å². The van der Waals surface area contributed by atoms with E-state index in [1.165, 1.54) is 0 Å². The Hall–Kier alpha value is -1.10. The van der Waals surface area contributed by atoms with Crippen LogP contribution in [0.25, 0.3) is 0 Å². The van der Waals surface area contributed by atoms with Crippen molar-refractivity contribution in [3.8, 4) is 0 Å². The summed E-state index contributed by atoms with van der Waals surface area (Å²) in [6.45, 7) is 9.74. The Morgan fingerprint density at radius 2 is 1.79 bits per heavy atom. The van der Waals surface area contributed by atoms with Gasteiger partial charge in [0.15, 0.2) is 0 Å². The van der Waals surface area contributed by atoms with Crippen LogP contribution in [0.3, 0.4) is 0 Å². The Labute approximate surface area is 119 Å². The first-order valence-electron chi connectivity index (χ1n) is 6.55. The third-order valence-electron chi connectivity index (χ3n) is 3.25. The van der Waals surface area contributed by atoms with Gasteiger partial charge in [-0.2, -0.15) is 11.8 Å². The summed E-state index contributed by atoms with van der Waals surface area (Å²) in [5.74, 6) is 0.174. The van der Waals surface area contributed by atoms with Crippen LogP contribution in [0.2, 0.25) is 0 Å². The molecule has 0 aromatic carbocycles. The Kier molecular flexibility index (Phi) is 5.79. The van der Waals surface area contributed by atoms with Gasteiger partial charge >= 0.3 is 5.97 Å². The molecule has 106 valence electrons. The quantitative estimate of drug-likeness (QED) is 0.867. The minimum absolute atomic E-state index is 0.559. The second kappa shape index (κ2) is 6.89. The number of hydrogen-bond donors (Lipinski definition) is 1. The van der Waals surface area contributed by atoms with Crippen LogP contribution in [-0.4, -0.2) is 26.3 Å².